The first-order valence-corrected chi connectivity index (χ1v) is 9.60. The number of rotatable bonds is 5. The first kappa shape index (κ1) is 18.3. The zero-order valence-electron chi connectivity index (χ0n) is 13.8. The molecule has 1 aliphatic rings. The summed E-state index contributed by atoms with van der Waals surface area (Å²) >= 11 is 0. The van der Waals surface area contributed by atoms with Gasteiger partial charge in [0.05, 0.1) is 10.6 Å². The lowest BCUT2D eigenvalue weighted by Gasteiger charge is -2.35. The number of anilines is 1. The normalized spacial score (nSPS) is 15.6. The molecule has 0 aromatic heterocycles. The molecule has 0 aliphatic carbocycles. The molecule has 0 spiro atoms. The van der Waals surface area contributed by atoms with Crippen LogP contribution in [0.25, 0.3) is 0 Å². The van der Waals surface area contributed by atoms with Gasteiger partial charge in [-0.1, -0.05) is 24.3 Å². The minimum atomic E-state index is -4.33. The number of sulfonamides is 1. The van der Waals surface area contributed by atoms with Crippen molar-refractivity contribution >= 4 is 21.4 Å². The summed E-state index contributed by atoms with van der Waals surface area (Å²) in [7, 11) is -4.33. The van der Waals surface area contributed by atoms with E-state index in [1.165, 1.54) is 36.4 Å². The third-order valence-electron chi connectivity index (χ3n) is 4.33. The number of para-hydroxylation sites is 2. The smallest absolute Gasteiger partial charge is 0.289 e. The van der Waals surface area contributed by atoms with Crippen molar-refractivity contribution in [3.8, 4) is 0 Å². The monoisotopic (exact) mass is 379 g/mol. The van der Waals surface area contributed by atoms with Crippen LogP contribution in [0.3, 0.4) is 0 Å². The third-order valence-corrected chi connectivity index (χ3v) is 6.24. The van der Waals surface area contributed by atoms with Crippen LogP contribution in [0.5, 0.6) is 0 Å². The van der Waals surface area contributed by atoms with Crippen molar-refractivity contribution in [2.45, 2.75) is 23.8 Å². The van der Waals surface area contributed by atoms with Crippen molar-refractivity contribution in [1.82, 2.24) is 5.32 Å². The van der Waals surface area contributed by atoms with E-state index in [0.29, 0.717) is 25.9 Å². The van der Waals surface area contributed by atoms with E-state index in [9.17, 15) is 22.9 Å². The van der Waals surface area contributed by atoms with Crippen molar-refractivity contribution in [2.75, 3.05) is 17.4 Å². The molecule has 3 rings (SSSR count). The van der Waals surface area contributed by atoms with Crippen LogP contribution >= 0.6 is 0 Å². The Kier molecular flexibility index (Phi) is 5.19. The van der Waals surface area contributed by atoms with Crippen LogP contribution in [0.15, 0.2) is 53.4 Å². The van der Waals surface area contributed by atoms with Gasteiger partial charge >= 0.3 is 0 Å². The second kappa shape index (κ2) is 7.38. The quantitative estimate of drug-likeness (QED) is 0.637. The molecule has 2 aromatic carbocycles. The van der Waals surface area contributed by atoms with E-state index in [2.05, 4.69) is 5.32 Å². The summed E-state index contributed by atoms with van der Waals surface area (Å²) in [5, 5.41) is 14.4. The molecule has 2 aromatic rings. The van der Waals surface area contributed by atoms with Gasteiger partial charge in [0.1, 0.15) is 5.82 Å². The maximum atomic E-state index is 14.4. The molecule has 0 bridgehead atoms. The van der Waals surface area contributed by atoms with Gasteiger partial charge in [0.2, 0.25) is 0 Å². The van der Waals surface area contributed by atoms with E-state index in [4.69, 9.17) is 0 Å². The predicted molar refractivity (Wildman–Crippen MR) is 95.1 cm³/mol. The van der Waals surface area contributed by atoms with Crippen LogP contribution in [0.2, 0.25) is 0 Å². The van der Waals surface area contributed by atoms with Crippen LogP contribution in [0.4, 0.5) is 15.8 Å². The topological polar surface area (TPSA) is 92.5 Å². The molecule has 1 fully saturated rings. The van der Waals surface area contributed by atoms with Crippen molar-refractivity contribution in [2.24, 2.45) is 0 Å². The van der Waals surface area contributed by atoms with Crippen molar-refractivity contribution in [3.63, 3.8) is 0 Å². The van der Waals surface area contributed by atoms with Crippen molar-refractivity contribution < 1.29 is 17.7 Å². The molecule has 9 heteroatoms. The molecular formula is C17H18FN3O4S. The Morgan fingerprint density at radius 3 is 2.35 bits per heavy atom. The molecule has 0 atom stereocenters. The van der Waals surface area contributed by atoms with Gasteiger partial charge < -0.3 is 5.32 Å². The highest BCUT2D eigenvalue weighted by molar-refractivity contribution is 7.93. The van der Waals surface area contributed by atoms with Gasteiger partial charge in [0.15, 0.2) is 4.90 Å². The molecule has 7 nitrogen and oxygen atoms in total. The summed E-state index contributed by atoms with van der Waals surface area (Å²) in [6, 6.07) is 10.2. The fourth-order valence-electron chi connectivity index (χ4n) is 3.13. The minimum Gasteiger partial charge on any atom is -0.317 e. The molecule has 0 saturated carbocycles. The molecule has 138 valence electrons. The van der Waals surface area contributed by atoms with Gasteiger partial charge in [-0.05, 0) is 44.1 Å². The number of nitrogens with one attached hydrogen (secondary N) is 1. The van der Waals surface area contributed by atoms with E-state index >= 15 is 0 Å². The molecular weight excluding hydrogens is 361 g/mol. The number of nitrogens with zero attached hydrogens (tertiary/aromatic N) is 2. The highest BCUT2D eigenvalue weighted by Gasteiger charge is 2.37. The lowest BCUT2D eigenvalue weighted by Crippen LogP contribution is -2.46. The van der Waals surface area contributed by atoms with Gasteiger partial charge in [-0.3, -0.25) is 14.4 Å². The molecule has 0 unspecified atom stereocenters. The van der Waals surface area contributed by atoms with E-state index in [0.717, 1.165) is 10.4 Å². The average Bonchev–Trinajstić information content (AvgIpc) is 2.64. The van der Waals surface area contributed by atoms with Gasteiger partial charge in [0, 0.05) is 12.1 Å². The maximum absolute atomic E-state index is 14.4. The van der Waals surface area contributed by atoms with Crippen LogP contribution in [-0.4, -0.2) is 32.5 Å². The van der Waals surface area contributed by atoms with E-state index in [1.54, 1.807) is 6.07 Å². The number of hydrogen-bond acceptors (Lipinski definition) is 5. The molecule has 1 saturated heterocycles. The summed E-state index contributed by atoms with van der Waals surface area (Å²) in [6.45, 7) is 1.17. The number of nitro benzene ring substituents is 1. The van der Waals surface area contributed by atoms with E-state index in [-0.39, 0.29) is 5.69 Å². The summed E-state index contributed by atoms with van der Waals surface area (Å²) < 4.78 is 42.1. The Bertz CT molecular complexity index is 914. The van der Waals surface area contributed by atoms with Gasteiger partial charge in [-0.25, -0.2) is 12.8 Å². The molecule has 1 aliphatic heterocycles. The maximum Gasteiger partial charge on any atom is 0.289 e. The summed E-state index contributed by atoms with van der Waals surface area (Å²) in [4.78, 5) is 10.1. The van der Waals surface area contributed by atoms with Crippen LogP contribution in [-0.2, 0) is 10.0 Å². The molecule has 0 amide bonds. The number of nitro groups is 1. The Balaban J connectivity index is 2.18. The van der Waals surface area contributed by atoms with Crippen LogP contribution in [0, 0.1) is 15.9 Å². The zero-order valence-corrected chi connectivity index (χ0v) is 14.7. The number of benzene rings is 2. The fraction of sp³-hybridized carbons (Fsp3) is 0.294. The van der Waals surface area contributed by atoms with Gasteiger partial charge in [-0.15, -0.1) is 0 Å². The lowest BCUT2D eigenvalue weighted by atomic mass is 10.1. The summed E-state index contributed by atoms with van der Waals surface area (Å²) in [5.74, 6) is -0.687. The fourth-order valence-corrected chi connectivity index (χ4v) is 5.01. The highest BCUT2D eigenvalue weighted by atomic mass is 32.2. The van der Waals surface area contributed by atoms with Crippen LogP contribution in [0.1, 0.15) is 12.8 Å². The largest absolute Gasteiger partial charge is 0.317 e. The Morgan fingerprint density at radius 2 is 1.69 bits per heavy atom. The first-order valence-electron chi connectivity index (χ1n) is 8.16. The van der Waals surface area contributed by atoms with E-state index < -0.39 is 37.4 Å². The molecule has 26 heavy (non-hydrogen) atoms. The molecule has 0 radical (unpaired) electrons. The summed E-state index contributed by atoms with van der Waals surface area (Å²) in [5.41, 5.74) is -0.625. The van der Waals surface area contributed by atoms with Gasteiger partial charge in [0.25, 0.3) is 15.7 Å². The van der Waals surface area contributed by atoms with Crippen molar-refractivity contribution in [1.29, 1.82) is 0 Å². The second-order valence-electron chi connectivity index (χ2n) is 5.96. The third kappa shape index (κ3) is 3.40. The Labute approximate surface area is 150 Å². The lowest BCUT2D eigenvalue weighted by molar-refractivity contribution is -0.387. The Morgan fingerprint density at radius 1 is 1.08 bits per heavy atom. The zero-order chi connectivity index (χ0) is 18.7. The average molecular weight is 379 g/mol. The number of hydrogen-bond donors (Lipinski definition) is 1. The highest BCUT2D eigenvalue weighted by Crippen LogP contribution is 2.34. The standard InChI is InChI=1S/C17H18FN3O4S/c18-14-5-1-2-6-15(14)20(13-9-11-19-12-10-13)26(24,25)17-8-4-3-7-16(17)21(22)23/h1-8,13,19H,9-12H2. The first-order chi connectivity index (χ1) is 12.4. The Hall–Kier alpha value is -2.52. The SMILES string of the molecule is O=[N+]([O-])c1ccccc1S(=O)(=O)N(c1ccccc1F)C1CCNCC1. The molecule has 1 N–H and O–H groups in total. The van der Waals surface area contributed by atoms with Crippen LogP contribution < -0.4 is 9.62 Å². The van der Waals surface area contributed by atoms with Gasteiger partial charge in [-0.2, -0.15) is 0 Å². The number of halogens is 1. The molecule has 1 heterocycles. The van der Waals surface area contributed by atoms with E-state index in [1.807, 2.05) is 0 Å². The second-order valence-corrected chi connectivity index (χ2v) is 7.74. The number of piperidine rings is 1. The summed E-state index contributed by atoms with van der Waals surface area (Å²) in [6.07, 6.45) is 0.961. The minimum absolute atomic E-state index is 0.0995. The predicted octanol–water partition coefficient (Wildman–Crippen LogP) is 2.68. The van der Waals surface area contributed by atoms with Crippen molar-refractivity contribution in [3.05, 3.63) is 64.5 Å².